The second kappa shape index (κ2) is 3.69. The average Bonchev–Trinajstić information content (AvgIpc) is 2.30. The number of alkyl halides is 2. The minimum absolute atomic E-state index is 0.0507. The Kier molecular flexibility index (Phi) is 3.04. The fourth-order valence-electron chi connectivity index (χ4n) is 1.58. The van der Waals surface area contributed by atoms with Crippen LogP contribution in [0.2, 0.25) is 0 Å². The van der Waals surface area contributed by atoms with Crippen LogP contribution in [0.15, 0.2) is 0 Å². The molecule has 0 saturated carbocycles. The third-order valence-corrected chi connectivity index (χ3v) is 2.36. The van der Waals surface area contributed by atoms with Crippen molar-refractivity contribution in [1.82, 2.24) is 0 Å². The Morgan fingerprint density at radius 3 is 2.08 bits per heavy atom. The summed E-state index contributed by atoms with van der Waals surface area (Å²) in [4.78, 5) is 0. The Morgan fingerprint density at radius 2 is 1.83 bits per heavy atom. The van der Waals surface area contributed by atoms with Crippen LogP contribution < -0.4 is 0 Å². The molecule has 12 heavy (non-hydrogen) atoms. The smallest absolute Gasteiger partial charge is 0.160 e. The van der Waals surface area contributed by atoms with Gasteiger partial charge in [0.1, 0.15) is 0 Å². The van der Waals surface area contributed by atoms with Crippen LogP contribution in [0.25, 0.3) is 0 Å². The van der Waals surface area contributed by atoms with Crippen LogP contribution in [0.4, 0.5) is 8.78 Å². The van der Waals surface area contributed by atoms with Crippen LogP contribution >= 0.6 is 0 Å². The van der Waals surface area contributed by atoms with Crippen molar-refractivity contribution >= 4 is 0 Å². The molecule has 1 saturated heterocycles. The second-order valence-electron chi connectivity index (χ2n) is 3.68. The molecule has 1 fully saturated rings. The standard InChI is InChI=1S/C9H16F2O/c1-4-6-7(10)8(11)9(12-6)5(2)3/h5-9H,4H2,1-3H3/t6-,7-,8+,9+/m0/s1. The van der Waals surface area contributed by atoms with E-state index in [1.165, 1.54) is 0 Å². The third-order valence-electron chi connectivity index (χ3n) is 2.36. The molecule has 0 aromatic carbocycles. The Balaban J connectivity index is 2.60. The lowest BCUT2D eigenvalue weighted by Gasteiger charge is -2.16. The van der Waals surface area contributed by atoms with Gasteiger partial charge in [0.2, 0.25) is 0 Å². The van der Waals surface area contributed by atoms with Gasteiger partial charge in [0.15, 0.2) is 12.3 Å². The maximum Gasteiger partial charge on any atom is 0.160 e. The maximum atomic E-state index is 13.2. The lowest BCUT2D eigenvalue weighted by molar-refractivity contribution is -0.00347. The lowest BCUT2D eigenvalue weighted by atomic mass is 10.0. The summed E-state index contributed by atoms with van der Waals surface area (Å²) in [5, 5.41) is 0. The van der Waals surface area contributed by atoms with Crippen molar-refractivity contribution in [2.45, 2.75) is 51.7 Å². The van der Waals surface area contributed by atoms with Crippen molar-refractivity contribution in [3.63, 3.8) is 0 Å². The molecule has 1 aliphatic heterocycles. The van der Waals surface area contributed by atoms with Gasteiger partial charge in [0.05, 0.1) is 12.2 Å². The highest BCUT2D eigenvalue weighted by Gasteiger charge is 2.45. The molecule has 0 N–H and O–H groups in total. The summed E-state index contributed by atoms with van der Waals surface area (Å²) in [5.41, 5.74) is 0. The quantitative estimate of drug-likeness (QED) is 0.631. The van der Waals surface area contributed by atoms with Gasteiger partial charge in [-0.3, -0.25) is 0 Å². The molecule has 1 nitrogen and oxygen atoms in total. The minimum Gasteiger partial charge on any atom is -0.368 e. The van der Waals surface area contributed by atoms with Crippen molar-refractivity contribution in [2.24, 2.45) is 5.92 Å². The SMILES string of the molecule is CC[C@@H]1O[C@H](C(C)C)[C@H](F)[C@H]1F. The van der Waals surface area contributed by atoms with Crippen molar-refractivity contribution < 1.29 is 13.5 Å². The minimum atomic E-state index is -1.44. The van der Waals surface area contributed by atoms with Gasteiger partial charge in [-0.15, -0.1) is 0 Å². The topological polar surface area (TPSA) is 9.23 Å². The summed E-state index contributed by atoms with van der Waals surface area (Å²) < 4.78 is 31.5. The zero-order valence-electron chi connectivity index (χ0n) is 7.76. The summed E-state index contributed by atoms with van der Waals surface area (Å²) in [6.45, 7) is 5.51. The molecule has 0 aliphatic carbocycles. The van der Waals surface area contributed by atoms with E-state index in [-0.39, 0.29) is 5.92 Å². The molecule has 0 spiro atoms. The van der Waals surface area contributed by atoms with E-state index >= 15 is 0 Å². The highest BCUT2D eigenvalue weighted by molar-refractivity contribution is 4.91. The Bertz CT molecular complexity index is 149. The molecule has 0 unspecified atom stereocenters. The molecule has 0 bridgehead atoms. The summed E-state index contributed by atoms with van der Waals surface area (Å²) in [5.74, 6) is 0.0507. The highest BCUT2D eigenvalue weighted by Crippen LogP contribution is 2.32. The molecule has 0 amide bonds. The predicted octanol–water partition coefficient (Wildman–Crippen LogP) is 2.50. The molecule has 4 atom stereocenters. The van der Waals surface area contributed by atoms with E-state index < -0.39 is 24.6 Å². The van der Waals surface area contributed by atoms with Crippen molar-refractivity contribution in [3.8, 4) is 0 Å². The van der Waals surface area contributed by atoms with Crippen molar-refractivity contribution in [3.05, 3.63) is 0 Å². The number of ether oxygens (including phenoxy) is 1. The van der Waals surface area contributed by atoms with Crippen LogP contribution in [0, 0.1) is 5.92 Å². The first-order valence-electron chi connectivity index (χ1n) is 4.51. The first-order valence-corrected chi connectivity index (χ1v) is 4.51. The summed E-state index contributed by atoms with van der Waals surface area (Å²) in [6, 6.07) is 0. The molecule has 3 heteroatoms. The largest absolute Gasteiger partial charge is 0.368 e. The second-order valence-corrected chi connectivity index (χ2v) is 3.68. The zero-order chi connectivity index (χ0) is 9.30. The first kappa shape index (κ1) is 9.90. The predicted molar refractivity (Wildman–Crippen MR) is 43.6 cm³/mol. The van der Waals surface area contributed by atoms with E-state index in [1.54, 1.807) is 0 Å². The third kappa shape index (κ3) is 1.60. The van der Waals surface area contributed by atoms with Crippen LogP contribution in [0.1, 0.15) is 27.2 Å². The summed E-state index contributed by atoms with van der Waals surface area (Å²) in [7, 11) is 0. The zero-order valence-corrected chi connectivity index (χ0v) is 7.76. The van der Waals surface area contributed by atoms with E-state index in [4.69, 9.17) is 4.74 Å². The Labute approximate surface area is 72.1 Å². The van der Waals surface area contributed by atoms with E-state index in [2.05, 4.69) is 0 Å². The molecular formula is C9H16F2O. The molecule has 0 radical (unpaired) electrons. The van der Waals surface area contributed by atoms with Crippen LogP contribution in [-0.2, 0) is 4.74 Å². The van der Waals surface area contributed by atoms with E-state index in [0.29, 0.717) is 6.42 Å². The summed E-state index contributed by atoms with van der Waals surface area (Å²) >= 11 is 0. The molecule has 1 heterocycles. The number of halogens is 2. The van der Waals surface area contributed by atoms with Gasteiger partial charge in [-0.25, -0.2) is 8.78 Å². The van der Waals surface area contributed by atoms with Gasteiger partial charge in [-0.2, -0.15) is 0 Å². The normalized spacial score (nSPS) is 42.5. The van der Waals surface area contributed by atoms with Crippen molar-refractivity contribution in [2.75, 3.05) is 0 Å². The highest BCUT2D eigenvalue weighted by atomic mass is 19.2. The Hall–Kier alpha value is -0.180. The number of rotatable bonds is 2. The maximum absolute atomic E-state index is 13.2. The summed E-state index contributed by atoms with van der Waals surface area (Å²) in [6.07, 6.45) is -3.40. The van der Waals surface area contributed by atoms with Gasteiger partial charge < -0.3 is 4.74 Å². The van der Waals surface area contributed by atoms with Gasteiger partial charge in [-0.05, 0) is 12.3 Å². The molecule has 0 aromatic heterocycles. The molecular weight excluding hydrogens is 162 g/mol. The molecule has 1 aliphatic rings. The average molecular weight is 178 g/mol. The van der Waals surface area contributed by atoms with E-state index in [9.17, 15) is 8.78 Å². The van der Waals surface area contributed by atoms with Gasteiger partial charge in [0.25, 0.3) is 0 Å². The lowest BCUT2D eigenvalue weighted by Crippen LogP contribution is -2.27. The Morgan fingerprint density at radius 1 is 1.25 bits per heavy atom. The number of hydrogen-bond acceptors (Lipinski definition) is 1. The molecule has 0 aromatic rings. The van der Waals surface area contributed by atoms with Crippen molar-refractivity contribution in [1.29, 1.82) is 0 Å². The van der Waals surface area contributed by atoms with E-state index in [1.807, 2.05) is 20.8 Å². The molecule has 1 rings (SSSR count). The van der Waals surface area contributed by atoms with Crippen LogP contribution in [0.5, 0.6) is 0 Å². The fraction of sp³-hybridized carbons (Fsp3) is 1.00. The van der Waals surface area contributed by atoms with Crippen LogP contribution in [0.3, 0.4) is 0 Å². The first-order chi connectivity index (χ1) is 5.57. The van der Waals surface area contributed by atoms with Gasteiger partial charge in [-0.1, -0.05) is 20.8 Å². The number of hydrogen-bond donors (Lipinski definition) is 0. The van der Waals surface area contributed by atoms with Crippen LogP contribution in [-0.4, -0.2) is 24.6 Å². The van der Waals surface area contributed by atoms with E-state index in [0.717, 1.165) is 0 Å². The monoisotopic (exact) mass is 178 g/mol. The van der Waals surface area contributed by atoms with Gasteiger partial charge in [0, 0.05) is 0 Å². The molecule has 72 valence electrons. The van der Waals surface area contributed by atoms with Gasteiger partial charge >= 0.3 is 0 Å². The fourth-order valence-corrected chi connectivity index (χ4v) is 1.58.